The molecule has 0 spiro atoms. The monoisotopic (exact) mass is 486 g/mol. The summed E-state index contributed by atoms with van der Waals surface area (Å²) < 4.78 is 0. The number of carboxylic acids is 1. The van der Waals surface area contributed by atoms with Crippen LogP contribution in [0.5, 0.6) is 0 Å². The van der Waals surface area contributed by atoms with Crippen molar-refractivity contribution in [3.05, 3.63) is 23.3 Å². The fraction of sp³-hybridized carbons (Fsp3) is 0.833. The van der Waals surface area contributed by atoms with E-state index in [4.69, 9.17) is 0 Å². The molecular formula is C30H46O5. The van der Waals surface area contributed by atoms with E-state index in [9.17, 15) is 25.2 Å². The standard InChI is InChI=1S/C30H46O5/c1-25(2)14-18-17-8-9-20-27(5)12-11-21(31)26(3,4)19(27)10-13-28(20,6)29(17,7)22(32)16-30(18,24(34)35)23(33)15-25/h8-9,19-23,31-33H,10-16H2,1-7H3,(H,34,35)/t19-,20-,21-,22-,23+,27-,28+,29-,30+/m1/s1. The Balaban J connectivity index is 1.73. The van der Waals surface area contributed by atoms with Crippen LogP contribution in [-0.4, -0.2) is 44.7 Å². The second-order valence-electron chi connectivity index (χ2n) is 14.9. The van der Waals surface area contributed by atoms with Gasteiger partial charge in [-0.1, -0.05) is 60.6 Å². The summed E-state index contributed by atoms with van der Waals surface area (Å²) >= 11 is 0. The van der Waals surface area contributed by atoms with Crippen LogP contribution in [0.2, 0.25) is 0 Å². The molecule has 0 heterocycles. The van der Waals surface area contributed by atoms with E-state index in [0.717, 1.165) is 36.8 Å². The Labute approximate surface area is 210 Å². The third kappa shape index (κ3) is 2.89. The van der Waals surface area contributed by atoms with Crippen LogP contribution in [0.1, 0.15) is 93.4 Å². The summed E-state index contributed by atoms with van der Waals surface area (Å²) in [6, 6.07) is 0. The van der Waals surface area contributed by atoms with Gasteiger partial charge in [0.05, 0.1) is 18.3 Å². The van der Waals surface area contributed by atoms with Crippen LogP contribution in [0, 0.1) is 44.3 Å². The van der Waals surface area contributed by atoms with Crippen molar-refractivity contribution < 1.29 is 25.2 Å². The first-order valence-corrected chi connectivity index (χ1v) is 13.7. The summed E-state index contributed by atoms with van der Waals surface area (Å²) in [5, 5.41) is 44.5. The smallest absolute Gasteiger partial charge is 0.316 e. The van der Waals surface area contributed by atoms with Crippen molar-refractivity contribution in [1.82, 2.24) is 0 Å². The van der Waals surface area contributed by atoms with Gasteiger partial charge >= 0.3 is 5.97 Å². The largest absolute Gasteiger partial charge is 0.481 e. The molecule has 196 valence electrons. The minimum atomic E-state index is -1.42. The Hall–Kier alpha value is -1.17. The highest BCUT2D eigenvalue weighted by Crippen LogP contribution is 2.74. The molecule has 0 radical (unpaired) electrons. The first-order chi connectivity index (χ1) is 16.0. The number of carboxylic acid groups (broad SMARTS) is 1. The summed E-state index contributed by atoms with van der Waals surface area (Å²) in [5.74, 6) is -0.402. The van der Waals surface area contributed by atoms with Crippen LogP contribution in [-0.2, 0) is 4.79 Å². The van der Waals surface area contributed by atoms with Crippen LogP contribution in [0.15, 0.2) is 23.3 Å². The maximum atomic E-state index is 12.8. The molecule has 5 rings (SSSR count). The quantitative estimate of drug-likeness (QED) is 0.414. The van der Waals surface area contributed by atoms with Crippen molar-refractivity contribution in [3.63, 3.8) is 0 Å². The number of aliphatic hydroxyl groups is 3. The van der Waals surface area contributed by atoms with Crippen molar-refractivity contribution in [2.75, 3.05) is 0 Å². The minimum Gasteiger partial charge on any atom is -0.481 e. The number of rotatable bonds is 1. The predicted molar refractivity (Wildman–Crippen MR) is 135 cm³/mol. The number of aliphatic carboxylic acids is 1. The molecule has 0 aromatic heterocycles. The summed E-state index contributed by atoms with van der Waals surface area (Å²) in [6.45, 7) is 15.5. The molecule has 0 amide bonds. The van der Waals surface area contributed by atoms with Gasteiger partial charge in [-0.15, -0.1) is 0 Å². The third-order valence-corrected chi connectivity index (χ3v) is 12.5. The average molecular weight is 487 g/mol. The first kappa shape index (κ1) is 25.5. The highest BCUT2D eigenvalue weighted by molar-refractivity contribution is 5.81. The number of allylic oxidation sites excluding steroid dienone is 2. The third-order valence-electron chi connectivity index (χ3n) is 12.5. The topological polar surface area (TPSA) is 98.0 Å². The molecule has 0 saturated heterocycles. The van der Waals surface area contributed by atoms with E-state index in [1.54, 1.807) is 0 Å². The maximum absolute atomic E-state index is 12.8. The first-order valence-electron chi connectivity index (χ1n) is 13.7. The number of carbonyl (C=O) groups is 1. The normalized spacial score (nSPS) is 52.1. The molecule has 3 saturated carbocycles. The van der Waals surface area contributed by atoms with Gasteiger partial charge in [0, 0.05) is 5.41 Å². The molecule has 3 fully saturated rings. The average Bonchev–Trinajstić information content (AvgIpc) is 2.72. The molecule has 0 unspecified atom stereocenters. The van der Waals surface area contributed by atoms with Crippen LogP contribution in [0.3, 0.4) is 0 Å². The molecule has 5 heteroatoms. The zero-order valence-corrected chi connectivity index (χ0v) is 22.7. The number of hydrogen-bond acceptors (Lipinski definition) is 4. The Kier molecular flexibility index (Phi) is 5.26. The van der Waals surface area contributed by atoms with Gasteiger partial charge in [0.15, 0.2) is 0 Å². The van der Waals surface area contributed by atoms with Gasteiger partial charge < -0.3 is 20.4 Å². The molecule has 0 aliphatic heterocycles. The Bertz CT molecular complexity index is 1010. The van der Waals surface area contributed by atoms with E-state index in [1.165, 1.54) is 0 Å². The van der Waals surface area contributed by atoms with Gasteiger partial charge in [0.25, 0.3) is 0 Å². The minimum absolute atomic E-state index is 0.00214. The SMILES string of the molecule is CC1(C)CC2=C3C=C[C@@H]4[C@]5(C)CC[C@@H](O)C(C)(C)[C@H]5CC[C@]4(C)[C@@]3(C)[C@H](O)C[C@@]2(C(=O)O)[C@@H](O)C1. The Morgan fingerprint density at radius 3 is 2.17 bits per heavy atom. The number of fused-ring (bicyclic) bond motifs is 6. The zero-order valence-electron chi connectivity index (χ0n) is 22.7. The lowest BCUT2D eigenvalue weighted by Crippen LogP contribution is -2.67. The Morgan fingerprint density at radius 1 is 0.886 bits per heavy atom. The molecule has 0 bridgehead atoms. The van der Waals surface area contributed by atoms with E-state index >= 15 is 0 Å². The second-order valence-corrected chi connectivity index (χ2v) is 14.9. The lowest BCUT2D eigenvalue weighted by atomic mass is 9.34. The van der Waals surface area contributed by atoms with Gasteiger partial charge in [-0.2, -0.15) is 0 Å². The van der Waals surface area contributed by atoms with E-state index < -0.39 is 29.0 Å². The fourth-order valence-corrected chi connectivity index (χ4v) is 10.2. The van der Waals surface area contributed by atoms with E-state index in [-0.39, 0.29) is 40.1 Å². The van der Waals surface area contributed by atoms with Gasteiger partial charge in [-0.3, -0.25) is 4.79 Å². The Morgan fingerprint density at radius 2 is 1.54 bits per heavy atom. The molecule has 5 aliphatic rings. The van der Waals surface area contributed by atoms with Crippen molar-refractivity contribution in [1.29, 1.82) is 0 Å². The fourth-order valence-electron chi connectivity index (χ4n) is 10.2. The lowest BCUT2D eigenvalue weighted by molar-refractivity contribution is -0.204. The van der Waals surface area contributed by atoms with Gasteiger partial charge in [-0.25, -0.2) is 0 Å². The molecule has 5 nitrogen and oxygen atoms in total. The summed E-state index contributed by atoms with van der Waals surface area (Å²) in [5.41, 5.74) is -0.837. The van der Waals surface area contributed by atoms with E-state index in [2.05, 4.69) is 60.6 Å². The number of hydrogen-bond donors (Lipinski definition) is 4. The molecular weight excluding hydrogens is 440 g/mol. The summed E-state index contributed by atoms with van der Waals surface area (Å²) in [4.78, 5) is 12.8. The highest BCUT2D eigenvalue weighted by atomic mass is 16.4. The lowest BCUT2D eigenvalue weighted by Gasteiger charge is -2.70. The molecule has 5 aliphatic carbocycles. The van der Waals surface area contributed by atoms with Crippen molar-refractivity contribution in [3.8, 4) is 0 Å². The zero-order chi connectivity index (χ0) is 26.0. The molecule has 0 aromatic rings. The maximum Gasteiger partial charge on any atom is 0.316 e. The van der Waals surface area contributed by atoms with Crippen molar-refractivity contribution in [2.45, 2.75) is 112 Å². The number of aliphatic hydroxyl groups excluding tert-OH is 3. The molecule has 35 heavy (non-hydrogen) atoms. The van der Waals surface area contributed by atoms with Gasteiger partial charge in [0.2, 0.25) is 0 Å². The molecule has 9 atom stereocenters. The highest BCUT2D eigenvalue weighted by Gasteiger charge is 2.70. The van der Waals surface area contributed by atoms with E-state index in [0.29, 0.717) is 18.8 Å². The van der Waals surface area contributed by atoms with E-state index in [1.807, 2.05) is 0 Å². The summed E-state index contributed by atoms with van der Waals surface area (Å²) in [6.07, 6.45) is 7.06. The van der Waals surface area contributed by atoms with Gasteiger partial charge in [0.1, 0.15) is 5.41 Å². The summed E-state index contributed by atoms with van der Waals surface area (Å²) in [7, 11) is 0. The van der Waals surface area contributed by atoms with Crippen LogP contribution < -0.4 is 0 Å². The van der Waals surface area contributed by atoms with Crippen LogP contribution >= 0.6 is 0 Å². The van der Waals surface area contributed by atoms with Crippen molar-refractivity contribution >= 4 is 5.97 Å². The van der Waals surface area contributed by atoms with Crippen molar-refractivity contribution in [2.24, 2.45) is 44.3 Å². The molecule has 0 aromatic carbocycles. The predicted octanol–water partition coefficient (Wildman–Crippen LogP) is 5.10. The van der Waals surface area contributed by atoms with Crippen LogP contribution in [0.4, 0.5) is 0 Å². The molecule has 4 N–H and O–H groups in total. The second kappa shape index (κ2) is 7.23. The van der Waals surface area contributed by atoms with Crippen LogP contribution in [0.25, 0.3) is 0 Å². The van der Waals surface area contributed by atoms with Gasteiger partial charge in [-0.05, 0) is 89.6 Å².